The molecule has 1 heterocycles. The first-order chi connectivity index (χ1) is 16.9. The van der Waals surface area contributed by atoms with Gasteiger partial charge in [-0.3, -0.25) is 9.59 Å². The van der Waals surface area contributed by atoms with Crippen molar-refractivity contribution in [1.29, 1.82) is 0 Å². The van der Waals surface area contributed by atoms with Gasteiger partial charge in [-0.05, 0) is 35.9 Å². The monoisotopic (exact) mass is 541 g/mol. The Bertz CT molecular complexity index is 1400. The number of carbonyl (C=O) groups is 2. The number of hydrogen-bond acceptors (Lipinski definition) is 4. The first-order valence-electron chi connectivity index (χ1n) is 10.4. The Balaban J connectivity index is 1.77. The van der Waals surface area contributed by atoms with Gasteiger partial charge in [0.05, 0.1) is 15.8 Å². The number of nitrogens with one attached hydrogen (secondary N) is 1. The van der Waals surface area contributed by atoms with Crippen LogP contribution in [0.25, 0.3) is 10.8 Å². The third-order valence-electron chi connectivity index (χ3n) is 5.89. The molecular weight excluding hydrogens is 525 g/mol. The largest absolute Gasteiger partial charge is 0.435 e. The predicted molar refractivity (Wildman–Crippen MR) is 126 cm³/mol. The van der Waals surface area contributed by atoms with E-state index >= 15 is 0 Å². The van der Waals surface area contributed by atoms with E-state index < -0.39 is 57.5 Å². The van der Waals surface area contributed by atoms with Crippen LogP contribution in [0.1, 0.15) is 34.8 Å². The van der Waals surface area contributed by atoms with E-state index in [0.717, 1.165) is 12.1 Å². The highest BCUT2D eigenvalue weighted by molar-refractivity contribution is 6.35. The van der Waals surface area contributed by atoms with Gasteiger partial charge in [-0.2, -0.15) is 13.2 Å². The standard InChI is InChI=1S/C24H17Cl2F4N3O3/c1-11(21(31)34)32-22(35)16-7-6-15(13-4-2-3-5-14(13)16)19-10-23(36-33-19,24(28,29)30)12-8-17(25)20(27)18(26)9-12/h2-9,11H,10H2,1H3,(H2,31,34)(H,32,35). The Morgan fingerprint density at radius 2 is 1.72 bits per heavy atom. The molecule has 36 heavy (non-hydrogen) atoms. The average molecular weight is 542 g/mol. The summed E-state index contributed by atoms with van der Waals surface area (Å²) in [6, 6.07) is 10.0. The predicted octanol–water partition coefficient (Wildman–Crippen LogP) is 5.47. The summed E-state index contributed by atoms with van der Waals surface area (Å²) >= 11 is 11.5. The van der Waals surface area contributed by atoms with E-state index in [4.69, 9.17) is 33.8 Å². The second-order valence-corrected chi connectivity index (χ2v) is 9.00. The lowest BCUT2D eigenvalue weighted by molar-refractivity contribution is -0.275. The van der Waals surface area contributed by atoms with Crippen molar-refractivity contribution < 1.29 is 32.0 Å². The molecular formula is C24H17Cl2F4N3O3. The maximum atomic E-state index is 14.4. The molecule has 3 aromatic rings. The molecule has 0 aliphatic carbocycles. The number of oxime groups is 1. The Kier molecular flexibility index (Phi) is 6.61. The molecule has 0 aromatic heterocycles. The van der Waals surface area contributed by atoms with Crippen LogP contribution in [0, 0.1) is 5.82 Å². The molecule has 0 spiro atoms. The molecule has 0 fully saturated rings. The molecule has 0 radical (unpaired) electrons. The zero-order chi connectivity index (χ0) is 26.4. The van der Waals surface area contributed by atoms with Crippen LogP contribution in [-0.2, 0) is 15.2 Å². The smallest absolute Gasteiger partial charge is 0.374 e. The van der Waals surface area contributed by atoms with Crippen molar-refractivity contribution >= 4 is 51.5 Å². The summed E-state index contributed by atoms with van der Waals surface area (Å²) in [5.74, 6) is -2.37. The van der Waals surface area contributed by atoms with Crippen molar-refractivity contribution in [3.05, 3.63) is 81.1 Å². The number of benzene rings is 3. The summed E-state index contributed by atoms with van der Waals surface area (Å²) < 4.78 is 57.0. The summed E-state index contributed by atoms with van der Waals surface area (Å²) in [6.45, 7) is 1.42. The van der Waals surface area contributed by atoms with Crippen molar-refractivity contribution in [2.24, 2.45) is 10.9 Å². The van der Waals surface area contributed by atoms with E-state index in [9.17, 15) is 27.2 Å². The van der Waals surface area contributed by atoms with Crippen LogP contribution in [0.3, 0.4) is 0 Å². The molecule has 0 bridgehead atoms. The highest BCUT2D eigenvalue weighted by Crippen LogP contribution is 2.50. The van der Waals surface area contributed by atoms with Crippen molar-refractivity contribution in [2.45, 2.75) is 31.2 Å². The molecule has 0 saturated heterocycles. The number of hydrogen-bond donors (Lipinski definition) is 2. The van der Waals surface area contributed by atoms with Gasteiger partial charge in [-0.15, -0.1) is 0 Å². The molecule has 6 nitrogen and oxygen atoms in total. The zero-order valence-corrected chi connectivity index (χ0v) is 19.9. The molecule has 1 aliphatic heterocycles. The molecule has 2 atom stereocenters. The number of primary amides is 1. The van der Waals surface area contributed by atoms with Gasteiger partial charge in [0.25, 0.3) is 11.5 Å². The lowest BCUT2D eigenvalue weighted by Gasteiger charge is -2.29. The van der Waals surface area contributed by atoms with Crippen LogP contribution in [-0.4, -0.2) is 29.7 Å². The van der Waals surface area contributed by atoms with Gasteiger partial charge in [0, 0.05) is 23.1 Å². The summed E-state index contributed by atoms with van der Waals surface area (Å²) in [6.07, 6.45) is -5.73. The quantitative estimate of drug-likeness (QED) is 0.331. The summed E-state index contributed by atoms with van der Waals surface area (Å²) in [5, 5.41) is 5.85. The van der Waals surface area contributed by atoms with Crippen LogP contribution in [0.4, 0.5) is 17.6 Å². The SMILES string of the molecule is CC(NC(=O)c1ccc(C2=NOC(c3cc(Cl)c(F)c(Cl)c3)(C(F)(F)F)C2)c2ccccc12)C(N)=O. The summed E-state index contributed by atoms with van der Waals surface area (Å²) in [7, 11) is 0. The van der Waals surface area contributed by atoms with E-state index in [1.807, 2.05) is 0 Å². The summed E-state index contributed by atoms with van der Waals surface area (Å²) in [4.78, 5) is 29.1. The topological polar surface area (TPSA) is 93.8 Å². The first-order valence-corrected chi connectivity index (χ1v) is 11.2. The number of nitrogens with two attached hydrogens (primary N) is 1. The van der Waals surface area contributed by atoms with Crippen LogP contribution in [0.5, 0.6) is 0 Å². The number of alkyl halides is 3. The molecule has 3 aromatic carbocycles. The van der Waals surface area contributed by atoms with Crippen LogP contribution >= 0.6 is 23.2 Å². The average Bonchev–Trinajstić information content (AvgIpc) is 3.28. The first kappa shape index (κ1) is 25.7. The number of halogens is 6. The lowest BCUT2D eigenvalue weighted by Crippen LogP contribution is -2.42. The number of fused-ring (bicyclic) bond motifs is 1. The molecule has 2 amide bonds. The fraction of sp³-hybridized carbons (Fsp3) is 0.208. The van der Waals surface area contributed by atoms with Gasteiger partial charge in [0.1, 0.15) is 6.04 Å². The third kappa shape index (κ3) is 4.35. The minimum atomic E-state index is -4.97. The number of rotatable bonds is 5. The maximum Gasteiger partial charge on any atom is 0.435 e. The Hall–Kier alpha value is -3.37. The normalized spacial score (nSPS) is 18.5. The molecule has 188 valence electrons. The van der Waals surface area contributed by atoms with Gasteiger partial charge in [-0.1, -0.05) is 58.7 Å². The molecule has 12 heteroatoms. The maximum absolute atomic E-state index is 14.4. The van der Waals surface area contributed by atoms with Crippen LogP contribution in [0.2, 0.25) is 10.0 Å². The lowest BCUT2D eigenvalue weighted by atomic mass is 9.85. The minimum Gasteiger partial charge on any atom is -0.374 e. The van der Waals surface area contributed by atoms with E-state index in [1.165, 1.54) is 19.1 Å². The van der Waals surface area contributed by atoms with Crippen molar-refractivity contribution in [3.8, 4) is 0 Å². The van der Waals surface area contributed by atoms with Gasteiger partial charge >= 0.3 is 6.18 Å². The molecule has 3 N–H and O–H groups in total. The Morgan fingerprint density at radius 1 is 1.11 bits per heavy atom. The van der Waals surface area contributed by atoms with Gasteiger partial charge in [0.15, 0.2) is 5.82 Å². The number of nitrogens with zero attached hydrogens (tertiary/aromatic N) is 1. The Labute approximate surface area is 212 Å². The zero-order valence-electron chi connectivity index (χ0n) is 18.4. The molecule has 0 saturated carbocycles. The van der Waals surface area contributed by atoms with Gasteiger partial charge < -0.3 is 15.9 Å². The fourth-order valence-corrected chi connectivity index (χ4v) is 4.42. The molecule has 2 unspecified atom stereocenters. The third-order valence-corrected chi connectivity index (χ3v) is 6.44. The second-order valence-electron chi connectivity index (χ2n) is 8.19. The van der Waals surface area contributed by atoms with Crippen LogP contribution < -0.4 is 11.1 Å². The van der Waals surface area contributed by atoms with Crippen molar-refractivity contribution in [1.82, 2.24) is 5.32 Å². The fourth-order valence-electron chi connectivity index (χ4n) is 3.93. The van der Waals surface area contributed by atoms with E-state index in [2.05, 4.69) is 10.5 Å². The van der Waals surface area contributed by atoms with E-state index in [1.54, 1.807) is 24.3 Å². The minimum absolute atomic E-state index is 0.0578. The molecule has 1 aliphatic rings. The van der Waals surface area contributed by atoms with Crippen LogP contribution in [0.15, 0.2) is 53.7 Å². The number of carbonyl (C=O) groups excluding carboxylic acids is 2. The summed E-state index contributed by atoms with van der Waals surface area (Å²) in [5.41, 5.74) is 2.15. The van der Waals surface area contributed by atoms with E-state index in [0.29, 0.717) is 10.8 Å². The number of amides is 2. The van der Waals surface area contributed by atoms with E-state index in [-0.39, 0.29) is 16.8 Å². The highest BCUT2D eigenvalue weighted by atomic mass is 35.5. The second kappa shape index (κ2) is 9.25. The van der Waals surface area contributed by atoms with Crippen molar-refractivity contribution in [2.75, 3.05) is 0 Å². The Morgan fingerprint density at radius 3 is 2.31 bits per heavy atom. The van der Waals surface area contributed by atoms with Crippen molar-refractivity contribution in [3.63, 3.8) is 0 Å². The van der Waals surface area contributed by atoms with Gasteiger partial charge in [-0.25, -0.2) is 4.39 Å². The highest BCUT2D eigenvalue weighted by Gasteiger charge is 2.62. The van der Waals surface area contributed by atoms with Gasteiger partial charge in [0.2, 0.25) is 5.91 Å². The molecule has 4 rings (SSSR count).